The second-order valence-electron chi connectivity index (χ2n) is 16.7. The van der Waals surface area contributed by atoms with Crippen molar-refractivity contribution in [1.29, 1.82) is 0 Å². The molecule has 0 aliphatic carbocycles. The molecule has 0 aromatic heterocycles. The van der Waals surface area contributed by atoms with Crippen molar-refractivity contribution < 1.29 is 99.6 Å². The van der Waals surface area contributed by atoms with E-state index in [1.165, 1.54) is 12.1 Å². The highest BCUT2D eigenvalue weighted by molar-refractivity contribution is 7.86. The van der Waals surface area contributed by atoms with Crippen molar-refractivity contribution in [2.75, 3.05) is 0 Å². The Hall–Kier alpha value is -11.3. The van der Waals surface area contributed by atoms with Crippen LogP contribution in [0.5, 0.6) is 46.0 Å². The highest BCUT2D eigenvalue weighted by atomic mass is 32.2. The fourth-order valence-electron chi connectivity index (χ4n) is 7.23. The summed E-state index contributed by atoms with van der Waals surface area (Å²) in [6.45, 7) is 0. The number of carboxylic acids is 2. The molecule has 13 N–H and O–H groups in total. The topological polar surface area (TPSA) is 548 Å². The number of aromatic carboxylic acids is 2. The van der Waals surface area contributed by atoms with Crippen molar-refractivity contribution in [2.45, 2.75) is 14.7 Å². The van der Waals surface area contributed by atoms with Gasteiger partial charge in [0.15, 0.2) is 45.9 Å². The first-order chi connectivity index (χ1) is 39.5. The van der Waals surface area contributed by atoms with Gasteiger partial charge in [-0.2, -0.15) is 45.7 Å². The lowest BCUT2D eigenvalue weighted by Gasteiger charge is -2.11. The lowest BCUT2D eigenvalue weighted by atomic mass is 10.1. The standard InChI is InChI=1S/C48H32N12O21S3/c61-24-15-35(63)43(36(64)16-24)59-53-29-6-1-20(11-27(29)47(69)70)49-51-22-3-8-31(40(13-22)83(76,77)78)55-57-33-10-5-26-39(82(73,74)75)19-34(46(68)42(26)45(33)67)58-56-32-9-4-23(14-41(32)84(79,80)81)52-50-21-2-7-30(28(12-21)48(71)72)54-60-44-37(65)17-25(62)18-38(44)66/h1-19,61-68H,(H,69,70)(H,71,72)(H,73,74,75)(H,76,77,78)(H,79,80,81). The van der Waals surface area contributed by atoms with Crippen LogP contribution in [-0.4, -0.2) is 102 Å². The number of phenolic OH excluding ortho intramolecular Hbond substituents is 8. The molecule has 0 amide bonds. The van der Waals surface area contributed by atoms with E-state index >= 15 is 0 Å². The van der Waals surface area contributed by atoms with E-state index in [-0.39, 0.29) is 34.1 Å². The number of carbonyl (C=O) groups is 2. The lowest BCUT2D eigenvalue weighted by molar-refractivity contribution is 0.0687. The van der Waals surface area contributed by atoms with E-state index in [1.807, 2.05) is 0 Å². The van der Waals surface area contributed by atoms with Crippen LogP contribution in [0, 0.1) is 0 Å². The van der Waals surface area contributed by atoms with Crippen molar-refractivity contribution in [3.05, 3.63) is 126 Å². The largest absolute Gasteiger partial charge is 0.508 e. The number of phenols is 8. The summed E-state index contributed by atoms with van der Waals surface area (Å²) in [5, 5.41) is 145. The first-order valence-electron chi connectivity index (χ1n) is 22.4. The quantitative estimate of drug-likeness (QED) is 0.0297. The van der Waals surface area contributed by atoms with Gasteiger partial charge in [0.2, 0.25) is 0 Å². The van der Waals surface area contributed by atoms with Gasteiger partial charge in [-0.25, -0.2) is 9.59 Å². The molecule has 8 aromatic rings. The molecule has 0 spiro atoms. The average molecular weight is 1210 g/mol. The third-order valence-corrected chi connectivity index (χ3v) is 13.7. The molecule has 8 aromatic carbocycles. The summed E-state index contributed by atoms with van der Waals surface area (Å²) in [6.07, 6.45) is 0. The molecule has 0 radical (unpaired) electrons. The average Bonchev–Trinajstić information content (AvgIpc) is 3.35. The van der Waals surface area contributed by atoms with Crippen molar-refractivity contribution in [3.8, 4) is 46.0 Å². The first kappa shape index (κ1) is 58.8. The van der Waals surface area contributed by atoms with Crippen LogP contribution in [0.1, 0.15) is 20.7 Å². The zero-order valence-corrected chi connectivity index (χ0v) is 43.6. The van der Waals surface area contributed by atoms with E-state index in [2.05, 4.69) is 61.4 Å². The molecule has 0 aliphatic heterocycles. The third-order valence-electron chi connectivity index (χ3n) is 11.0. The summed E-state index contributed by atoms with van der Waals surface area (Å²) in [4.78, 5) is 21.2. The van der Waals surface area contributed by atoms with Crippen molar-refractivity contribution >= 4 is 121 Å². The van der Waals surface area contributed by atoms with Crippen LogP contribution in [0.3, 0.4) is 0 Å². The molecule has 84 heavy (non-hydrogen) atoms. The maximum Gasteiger partial charge on any atom is 0.338 e. The van der Waals surface area contributed by atoms with Gasteiger partial charge in [-0.3, -0.25) is 13.7 Å². The van der Waals surface area contributed by atoms with Gasteiger partial charge >= 0.3 is 11.9 Å². The van der Waals surface area contributed by atoms with Gasteiger partial charge < -0.3 is 51.1 Å². The van der Waals surface area contributed by atoms with Crippen LogP contribution in [0.15, 0.2) is 191 Å². The summed E-state index contributed by atoms with van der Waals surface area (Å²) in [7, 11) is -15.7. The minimum absolute atomic E-state index is 0.140. The first-order valence-corrected chi connectivity index (χ1v) is 26.8. The predicted molar refractivity (Wildman–Crippen MR) is 284 cm³/mol. The summed E-state index contributed by atoms with van der Waals surface area (Å²) in [5.41, 5.74) is -6.29. The molecule has 428 valence electrons. The zero-order chi connectivity index (χ0) is 61.2. The van der Waals surface area contributed by atoms with Gasteiger partial charge in [0.25, 0.3) is 30.4 Å². The second kappa shape index (κ2) is 23.0. The van der Waals surface area contributed by atoms with Gasteiger partial charge in [0.05, 0.1) is 39.3 Å². The van der Waals surface area contributed by atoms with Gasteiger partial charge in [-0.05, 0) is 84.9 Å². The minimum Gasteiger partial charge on any atom is -0.508 e. The number of rotatable bonds is 17. The van der Waals surface area contributed by atoms with Crippen molar-refractivity contribution in [1.82, 2.24) is 0 Å². The molecular weight excluding hydrogens is 1180 g/mol. The van der Waals surface area contributed by atoms with Crippen molar-refractivity contribution in [2.24, 2.45) is 61.4 Å². The number of benzene rings is 8. The molecule has 36 heteroatoms. The van der Waals surface area contributed by atoms with E-state index in [4.69, 9.17) is 0 Å². The molecule has 0 unspecified atom stereocenters. The molecule has 0 atom stereocenters. The van der Waals surface area contributed by atoms with E-state index in [1.54, 1.807) is 0 Å². The number of aromatic hydroxyl groups is 8. The highest BCUT2D eigenvalue weighted by Gasteiger charge is 2.25. The van der Waals surface area contributed by atoms with Crippen LogP contribution in [-0.2, 0) is 30.4 Å². The van der Waals surface area contributed by atoms with Crippen molar-refractivity contribution in [3.63, 3.8) is 0 Å². The minimum atomic E-state index is -5.28. The molecule has 0 bridgehead atoms. The molecular formula is C48H32N12O21S3. The summed E-state index contributed by atoms with van der Waals surface area (Å²) >= 11 is 0. The van der Waals surface area contributed by atoms with Gasteiger partial charge in [-0.1, -0.05) is 6.07 Å². The summed E-state index contributed by atoms with van der Waals surface area (Å²) in [5.74, 6) is -8.97. The number of fused-ring (bicyclic) bond motifs is 1. The van der Waals surface area contributed by atoms with Crippen LogP contribution in [0.25, 0.3) is 10.8 Å². The Balaban J connectivity index is 1.07. The summed E-state index contributed by atoms with van der Waals surface area (Å²) < 4.78 is 106. The van der Waals surface area contributed by atoms with Crippen LogP contribution < -0.4 is 0 Å². The fourth-order valence-corrected chi connectivity index (χ4v) is 9.22. The van der Waals surface area contributed by atoms with Crippen LogP contribution >= 0.6 is 0 Å². The Morgan fingerprint density at radius 2 is 0.631 bits per heavy atom. The smallest absolute Gasteiger partial charge is 0.338 e. The maximum absolute atomic E-state index is 12.6. The lowest BCUT2D eigenvalue weighted by Crippen LogP contribution is -1.99. The maximum atomic E-state index is 12.6. The number of nitrogens with zero attached hydrogens (tertiary/aromatic N) is 12. The molecule has 0 fully saturated rings. The number of carboxylic acid groups (broad SMARTS) is 2. The van der Waals surface area contributed by atoms with E-state index in [9.17, 15) is 99.6 Å². The van der Waals surface area contributed by atoms with Crippen LogP contribution in [0.2, 0.25) is 0 Å². The van der Waals surface area contributed by atoms with E-state index in [0.717, 1.165) is 97.1 Å². The highest BCUT2D eigenvalue weighted by Crippen LogP contribution is 2.49. The Labute approximate surface area is 467 Å². The Bertz CT molecular complexity index is 4600. The molecule has 0 aliphatic rings. The molecule has 33 nitrogen and oxygen atoms in total. The molecule has 8 rings (SSSR count). The Kier molecular flexibility index (Phi) is 16.1. The van der Waals surface area contributed by atoms with Gasteiger partial charge in [0.1, 0.15) is 60.3 Å². The SMILES string of the molecule is O=C(O)c1cc(N=Nc2ccc(N=Nc3ccc4c(S(=O)(=O)O)cc(N=Nc5ccc(N=Nc6ccc(N=Nc7c(O)cc(O)cc7O)c(C(=O)O)c6)cc5S(=O)(=O)O)c(O)c4c3O)c(S(=O)(=O)O)c2)ccc1N=Nc1c(O)cc(O)cc1O. The summed E-state index contributed by atoms with van der Waals surface area (Å²) in [6, 6.07) is 17.9. The fraction of sp³-hybridized carbons (Fsp3) is 0. The monoisotopic (exact) mass is 1210 g/mol. The van der Waals surface area contributed by atoms with E-state index in [0.29, 0.717) is 6.07 Å². The van der Waals surface area contributed by atoms with Gasteiger partial charge in [-0.15, -0.1) is 40.9 Å². The zero-order valence-electron chi connectivity index (χ0n) is 41.1. The number of hydrogen-bond acceptors (Lipinski definition) is 28. The molecule has 0 saturated carbocycles. The Morgan fingerprint density at radius 3 is 1.00 bits per heavy atom. The predicted octanol–water partition coefficient (Wildman–Crippen LogP) is 12.1. The molecule has 0 saturated heterocycles. The normalized spacial score (nSPS) is 12.6. The van der Waals surface area contributed by atoms with Gasteiger partial charge in [0, 0.05) is 29.7 Å². The van der Waals surface area contributed by atoms with E-state index < -0.39 is 159 Å². The second-order valence-corrected chi connectivity index (χ2v) is 20.9. The number of azo groups is 6. The third kappa shape index (κ3) is 13.1. The Morgan fingerprint density at radius 1 is 0.321 bits per heavy atom. The number of hydrogen-bond donors (Lipinski definition) is 13. The molecule has 0 heterocycles. The van der Waals surface area contributed by atoms with Crippen LogP contribution in [0.4, 0.5) is 68.2 Å².